The molecule has 0 aromatic rings. The molecule has 136 valence electrons. The molecule has 4 heteroatoms. The first kappa shape index (κ1) is 17.9. The van der Waals surface area contributed by atoms with Gasteiger partial charge in [-0.25, -0.2) is 0 Å². The molecule has 0 saturated heterocycles. The number of hydrogen-bond donors (Lipinski definition) is 3. The molecule has 3 N–H and O–H groups in total. The molecule has 0 aromatic carbocycles. The van der Waals surface area contributed by atoms with Crippen molar-refractivity contribution >= 4 is 5.97 Å². The zero-order valence-corrected chi connectivity index (χ0v) is 15.4. The van der Waals surface area contributed by atoms with Gasteiger partial charge in [-0.3, -0.25) is 4.79 Å². The normalized spacial score (nSPS) is 48.5. The molecule has 3 aliphatic rings. The standard InChI is InChI=1S/C20H32O4/c1-12(2)20(24)11-13-6-7-15-18(3,14(13)10-16(20)21)8-5-9-19(15,4)17(22)23/h6,12,14-16,21,24H,5,7-11H2,1-4H3,(H,22,23)/t14-,15+,16+,18+,19-,20+/m0/s1. The van der Waals surface area contributed by atoms with E-state index in [1.807, 2.05) is 20.8 Å². The highest BCUT2D eigenvalue weighted by Crippen LogP contribution is 2.63. The summed E-state index contributed by atoms with van der Waals surface area (Å²) in [5, 5.41) is 31.5. The van der Waals surface area contributed by atoms with Gasteiger partial charge in [-0.15, -0.1) is 0 Å². The quantitative estimate of drug-likeness (QED) is 0.676. The predicted octanol–water partition coefficient (Wildman–Crippen LogP) is 3.37. The largest absolute Gasteiger partial charge is 0.481 e. The molecule has 0 unspecified atom stereocenters. The van der Waals surface area contributed by atoms with Gasteiger partial charge in [-0.1, -0.05) is 38.8 Å². The number of rotatable bonds is 2. The van der Waals surface area contributed by atoms with Crippen LogP contribution in [0, 0.1) is 28.6 Å². The number of carboxylic acids is 1. The maximum Gasteiger partial charge on any atom is 0.309 e. The monoisotopic (exact) mass is 336 g/mol. The van der Waals surface area contributed by atoms with Crippen molar-refractivity contribution in [2.75, 3.05) is 0 Å². The second kappa shape index (κ2) is 5.57. The van der Waals surface area contributed by atoms with Crippen LogP contribution in [-0.2, 0) is 4.79 Å². The predicted molar refractivity (Wildman–Crippen MR) is 92.4 cm³/mol. The number of fused-ring (bicyclic) bond motifs is 3. The Balaban J connectivity index is 1.99. The molecule has 0 bridgehead atoms. The van der Waals surface area contributed by atoms with E-state index in [0.717, 1.165) is 25.7 Å². The highest BCUT2D eigenvalue weighted by atomic mass is 16.4. The van der Waals surface area contributed by atoms with Crippen molar-refractivity contribution in [2.45, 2.75) is 77.9 Å². The molecular weight excluding hydrogens is 304 g/mol. The van der Waals surface area contributed by atoms with Crippen molar-refractivity contribution < 1.29 is 20.1 Å². The van der Waals surface area contributed by atoms with Crippen LogP contribution in [0.2, 0.25) is 0 Å². The molecule has 0 aromatic heterocycles. The molecule has 3 rings (SSSR count). The van der Waals surface area contributed by atoms with E-state index in [1.165, 1.54) is 5.57 Å². The lowest BCUT2D eigenvalue weighted by atomic mass is 9.45. The molecule has 0 aliphatic heterocycles. The highest BCUT2D eigenvalue weighted by molar-refractivity contribution is 5.75. The zero-order chi connectivity index (χ0) is 17.9. The van der Waals surface area contributed by atoms with Crippen molar-refractivity contribution in [3.8, 4) is 0 Å². The van der Waals surface area contributed by atoms with E-state index < -0.39 is 23.1 Å². The van der Waals surface area contributed by atoms with Crippen molar-refractivity contribution in [3.63, 3.8) is 0 Å². The van der Waals surface area contributed by atoms with Crippen molar-refractivity contribution in [1.82, 2.24) is 0 Å². The molecule has 0 radical (unpaired) electrons. The average molecular weight is 336 g/mol. The second-order valence-electron chi connectivity index (χ2n) is 9.28. The minimum atomic E-state index is -1.06. The van der Waals surface area contributed by atoms with Crippen LogP contribution in [0.4, 0.5) is 0 Å². The van der Waals surface area contributed by atoms with E-state index in [2.05, 4.69) is 13.0 Å². The number of carboxylic acid groups (broad SMARTS) is 1. The third kappa shape index (κ3) is 2.29. The Morgan fingerprint density at radius 2 is 1.96 bits per heavy atom. The van der Waals surface area contributed by atoms with E-state index >= 15 is 0 Å². The number of hydrogen-bond acceptors (Lipinski definition) is 3. The Morgan fingerprint density at radius 3 is 2.54 bits per heavy atom. The van der Waals surface area contributed by atoms with Crippen LogP contribution >= 0.6 is 0 Å². The maximum atomic E-state index is 12.0. The van der Waals surface area contributed by atoms with Crippen LogP contribution < -0.4 is 0 Å². The molecule has 4 nitrogen and oxygen atoms in total. The van der Waals surface area contributed by atoms with Gasteiger partial charge < -0.3 is 15.3 Å². The van der Waals surface area contributed by atoms with E-state index in [0.29, 0.717) is 12.8 Å². The van der Waals surface area contributed by atoms with E-state index in [-0.39, 0.29) is 23.2 Å². The summed E-state index contributed by atoms with van der Waals surface area (Å²) in [6.07, 6.45) is 5.94. The lowest BCUT2D eigenvalue weighted by Crippen LogP contribution is -2.58. The molecule has 0 amide bonds. The average Bonchev–Trinajstić information content (AvgIpc) is 2.48. The summed E-state index contributed by atoms with van der Waals surface area (Å²) in [5.74, 6) is -0.410. The van der Waals surface area contributed by atoms with Gasteiger partial charge in [0, 0.05) is 6.42 Å². The van der Waals surface area contributed by atoms with Gasteiger partial charge in [0.25, 0.3) is 0 Å². The van der Waals surface area contributed by atoms with Crippen LogP contribution in [0.5, 0.6) is 0 Å². The number of aliphatic hydroxyl groups excluding tert-OH is 1. The lowest BCUT2D eigenvalue weighted by molar-refractivity contribution is -0.170. The maximum absolute atomic E-state index is 12.0. The minimum Gasteiger partial charge on any atom is -0.481 e. The van der Waals surface area contributed by atoms with Gasteiger partial charge in [0.15, 0.2) is 0 Å². The summed E-state index contributed by atoms with van der Waals surface area (Å²) in [6.45, 7) is 8.04. The van der Waals surface area contributed by atoms with Gasteiger partial charge in [0.2, 0.25) is 0 Å². The Bertz CT molecular complexity index is 568. The van der Waals surface area contributed by atoms with E-state index in [4.69, 9.17) is 0 Å². The molecular formula is C20H32O4. The molecule has 6 atom stereocenters. The summed E-state index contributed by atoms with van der Waals surface area (Å²) < 4.78 is 0. The number of allylic oxidation sites excluding steroid dienone is 1. The third-order valence-corrected chi connectivity index (χ3v) is 7.85. The van der Waals surface area contributed by atoms with Crippen molar-refractivity contribution in [2.24, 2.45) is 28.6 Å². The first-order chi connectivity index (χ1) is 11.1. The fourth-order valence-corrected chi connectivity index (χ4v) is 6.03. The van der Waals surface area contributed by atoms with E-state index in [1.54, 1.807) is 0 Å². The summed E-state index contributed by atoms with van der Waals surface area (Å²) >= 11 is 0. The Kier molecular flexibility index (Phi) is 4.16. The Labute approximate surface area is 145 Å². The zero-order valence-electron chi connectivity index (χ0n) is 15.4. The van der Waals surface area contributed by atoms with Crippen LogP contribution in [0.25, 0.3) is 0 Å². The van der Waals surface area contributed by atoms with Crippen molar-refractivity contribution in [1.29, 1.82) is 0 Å². The summed E-state index contributed by atoms with van der Waals surface area (Å²) in [6, 6.07) is 0. The Hall–Kier alpha value is -0.870. The second-order valence-corrected chi connectivity index (χ2v) is 9.28. The first-order valence-corrected chi connectivity index (χ1v) is 9.38. The van der Waals surface area contributed by atoms with E-state index in [9.17, 15) is 20.1 Å². The summed E-state index contributed by atoms with van der Waals surface area (Å²) in [7, 11) is 0. The third-order valence-electron chi connectivity index (χ3n) is 7.85. The Morgan fingerprint density at radius 1 is 1.29 bits per heavy atom. The van der Waals surface area contributed by atoms with Gasteiger partial charge >= 0.3 is 5.97 Å². The summed E-state index contributed by atoms with van der Waals surface area (Å²) in [5.41, 5.74) is -0.610. The van der Waals surface area contributed by atoms with Gasteiger partial charge in [0.05, 0.1) is 17.1 Å². The van der Waals surface area contributed by atoms with Gasteiger partial charge in [0.1, 0.15) is 0 Å². The topological polar surface area (TPSA) is 77.8 Å². The summed E-state index contributed by atoms with van der Waals surface area (Å²) in [4.78, 5) is 12.0. The molecule has 24 heavy (non-hydrogen) atoms. The van der Waals surface area contributed by atoms with Crippen molar-refractivity contribution in [3.05, 3.63) is 11.6 Å². The van der Waals surface area contributed by atoms with Gasteiger partial charge in [-0.05, 0) is 55.8 Å². The van der Waals surface area contributed by atoms with Crippen LogP contribution in [0.15, 0.2) is 11.6 Å². The van der Waals surface area contributed by atoms with Crippen LogP contribution in [0.3, 0.4) is 0 Å². The fourth-order valence-electron chi connectivity index (χ4n) is 6.03. The van der Waals surface area contributed by atoms with Crippen LogP contribution in [-0.4, -0.2) is 33.0 Å². The highest BCUT2D eigenvalue weighted by Gasteiger charge is 2.60. The SMILES string of the molecule is CC(C)[C@]1(O)CC2=CC[C@@H]3[C@](C)(CCC[C@]3(C)C(=O)O)[C@H]2C[C@H]1O. The lowest BCUT2D eigenvalue weighted by Gasteiger charge is -2.59. The molecule has 2 saturated carbocycles. The smallest absolute Gasteiger partial charge is 0.309 e. The number of aliphatic carboxylic acids is 1. The molecule has 3 aliphatic carbocycles. The van der Waals surface area contributed by atoms with Crippen LogP contribution in [0.1, 0.15) is 66.2 Å². The molecule has 2 fully saturated rings. The van der Waals surface area contributed by atoms with Gasteiger partial charge in [-0.2, -0.15) is 0 Å². The minimum absolute atomic E-state index is 0.00415. The molecule has 0 heterocycles. The fraction of sp³-hybridized carbons (Fsp3) is 0.850. The first-order valence-electron chi connectivity index (χ1n) is 9.38. The number of aliphatic hydroxyl groups is 2. The molecule has 0 spiro atoms. The number of carbonyl (C=O) groups is 1.